The molecule has 1 aromatic rings. The van der Waals surface area contributed by atoms with E-state index in [4.69, 9.17) is 4.74 Å². The van der Waals surface area contributed by atoms with Gasteiger partial charge < -0.3 is 4.74 Å². The fourth-order valence-corrected chi connectivity index (χ4v) is 1.96. The van der Waals surface area contributed by atoms with Gasteiger partial charge >= 0.3 is 0 Å². The molecular weight excluding hydrogens is 264 g/mol. The summed E-state index contributed by atoms with van der Waals surface area (Å²) in [5.41, 5.74) is 2.77. The second kappa shape index (κ2) is 6.95. The lowest BCUT2D eigenvalue weighted by atomic mass is 10.1. The average molecular weight is 285 g/mol. The second-order valence-corrected chi connectivity index (χ2v) is 5.50. The Kier molecular flexibility index (Phi) is 5.89. The molecule has 2 rings (SSSR count). The van der Waals surface area contributed by atoms with Gasteiger partial charge in [-0.25, -0.2) is 0 Å². The number of hydrogen-bond acceptors (Lipinski definition) is 1. The van der Waals surface area contributed by atoms with E-state index in [1.807, 2.05) is 0 Å². The minimum absolute atomic E-state index is 0.833. The van der Waals surface area contributed by atoms with E-state index in [0.717, 1.165) is 36.4 Å². The number of aryl methyl sites for hydroxylation is 1. The molecule has 2 heteroatoms. The zero-order valence-corrected chi connectivity index (χ0v) is 12.0. The number of hydrogen-bond donors (Lipinski definition) is 0. The van der Waals surface area contributed by atoms with Gasteiger partial charge in [0, 0.05) is 11.8 Å². The number of rotatable bonds is 2. The Balaban J connectivity index is 0.000000280. The molecule has 1 heterocycles. The van der Waals surface area contributed by atoms with E-state index < -0.39 is 0 Å². The summed E-state index contributed by atoms with van der Waals surface area (Å²) in [4.78, 5) is 0. The zero-order valence-electron chi connectivity index (χ0n) is 10.4. The molecule has 1 nitrogen and oxygen atoms in total. The van der Waals surface area contributed by atoms with Gasteiger partial charge in [0.2, 0.25) is 0 Å². The second-order valence-electron chi connectivity index (χ2n) is 4.71. The third kappa shape index (κ3) is 4.56. The molecule has 0 bridgehead atoms. The van der Waals surface area contributed by atoms with E-state index in [1.165, 1.54) is 11.1 Å². The smallest absolute Gasteiger partial charge is 0.122 e. The maximum atomic E-state index is 5.42. The third-order valence-corrected chi connectivity index (χ3v) is 2.53. The highest BCUT2D eigenvalue weighted by molar-refractivity contribution is 9.09. The monoisotopic (exact) mass is 284 g/mol. The van der Waals surface area contributed by atoms with Crippen LogP contribution < -0.4 is 4.74 Å². The van der Waals surface area contributed by atoms with Gasteiger partial charge in [0.05, 0.1) is 6.61 Å². The highest BCUT2D eigenvalue weighted by atomic mass is 79.9. The summed E-state index contributed by atoms with van der Waals surface area (Å²) in [5.74, 6) is 1.91. The highest BCUT2D eigenvalue weighted by Crippen LogP contribution is 2.25. The molecule has 0 unspecified atom stereocenters. The minimum Gasteiger partial charge on any atom is -0.493 e. The van der Waals surface area contributed by atoms with E-state index in [1.54, 1.807) is 0 Å². The molecule has 0 amide bonds. The quantitative estimate of drug-likeness (QED) is 0.739. The van der Waals surface area contributed by atoms with Crippen molar-refractivity contribution in [1.29, 1.82) is 0 Å². The Morgan fingerprint density at radius 1 is 1.31 bits per heavy atom. The third-order valence-electron chi connectivity index (χ3n) is 2.14. The van der Waals surface area contributed by atoms with Gasteiger partial charge in [0.1, 0.15) is 5.75 Å². The molecular formula is C14H21BrO. The van der Waals surface area contributed by atoms with Crippen LogP contribution in [0, 0.1) is 5.92 Å². The van der Waals surface area contributed by atoms with Crippen molar-refractivity contribution in [3.05, 3.63) is 29.3 Å². The summed E-state index contributed by atoms with van der Waals surface area (Å²) in [7, 11) is 0. The van der Waals surface area contributed by atoms with Crippen LogP contribution in [0.4, 0.5) is 0 Å². The van der Waals surface area contributed by atoms with Crippen LogP contribution in [0.2, 0.25) is 0 Å². The van der Waals surface area contributed by atoms with Crippen molar-refractivity contribution in [2.24, 2.45) is 5.92 Å². The molecule has 16 heavy (non-hydrogen) atoms. The first-order valence-corrected chi connectivity index (χ1v) is 7.06. The summed E-state index contributed by atoms with van der Waals surface area (Å²) in [5, 5.41) is 1.03. The topological polar surface area (TPSA) is 9.23 Å². The first-order chi connectivity index (χ1) is 7.63. The van der Waals surface area contributed by atoms with Crippen LogP contribution in [-0.2, 0) is 12.8 Å². The van der Waals surface area contributed by atoms with E-state index in [-0.39, 0.29) is 0 Å². The van der Waals surface area contributed by atoms with Crippen molar-refractivity contribution in [3.63, 3.8) is 0 Å². The van der Waals surface area contributed by atoms with Crippen molar-refractivity contribution >= 4 is 15.9 Å². The van der Waals surface area contributed by atoms with Crippen LogP contribution in [0.5, 0.6) is 5.75 Å². The molecule has 0 aliphatic carbocycles. The zero-order chi connectivity index (χ0) is 12.0. The maximum Gasteiger partial charge on any atom is 0.122 e. The summed E-state index contributed by atoms with van der Waals surface area (Å²) < 4.78 is 5.42. The molecule has 0 saturated carbocycles. The lowest BCUT2D eigenvalue weighted by molar-refractivity contribution is 0.357. The number of benzene rings is 1. The van der Waals surface area contributed by atoms with Gasteiger partial charge in [-0.3, -0.25) is 0 Å². The lowest BCUT2D eigenvalue weighted by Gasteiger charge is -2.01. The normalized spacial score (nSPS) is 12.8. The van der Waals surface area contributed by atoms with Crippen molar-refractivity contribution in [3.8, 4) is 5.75 Å². The van der Waals surface area contributed by atoms with Crippen LogP contribution in [0.15, 0.2) is 18.2 Å². The van der Waals surface area contributed by atoms with Crippen molar-refractivity contribution in [2.45, 2.75) is 33.6 Å². The number of ether oxygens (including phenoxy) is 1. The predicted octanol–water partition coefficient (Wildman–Crippen LogP) is 4.22. The van der Waals surface area contributed by atoms with Crippen LogP contribution in [0.3, 0.4) is 0 Å². The van der Waals surface area contributed by atoms with Gasteiger partial charge in [-0.05, 0) is 29.5 Å². The average Bonchev–Trinajstić information content (AvgIpc) is 2.64. The molecule has 0 radical (unpaired) electrons. The summed E-state index contributed by atoms with van der Waals surface area (Å²) in [6, 6.07) is 6.48. The van der Waals surface area contributed by atoms with Gasteiger partial charge in [0.25, 0.3) is 0 Å². The molecule has 90 valence electrons. The van der Waals surface area contributed by atoms with Gasteiger partial charge in [-0.1, -0.05) is 48.8 Å². The highest BCUT2D eigenvalue weighted by Gasteiger charge is 2.11. The minimum atomic E-state index is 0.833. The lowest BCUT2D eigenvalue weighted by Crippen LogP contribution is -1.86. The van der Waals surface area contributed by atoms with Gasteiger partial charge in [0.15, 0.2) is 0 Å². The van der Waals surface area contributed by atoms with Crippen LogP contribution in [-0.4, -0.2) is 11.9 Å². The fraction of sp³-hybridized carbons (Fsp3) is 0.571. The number of fused-ring (bicyclic) bond motifs is 1. The van der Waals surface area contributed by atoms with Crippen LogP contribution >= 0.6 is 15.9 Å². The molecule has 0 aromatic heterocycles. The summed E-state index contributed by atoms with van der Waals surface area (Å²) in [6.07, 6.45) is 2.18. The summed E-state index contributed by atoms with van der Waals surface area (Å²) >= 11 is 3.44. The Hall–Kier alpha value is -0.500. The standard InChI is InChI=1S/C10H11BrO.C4H10/c11-5-3-8-1-2-10-9(7-8)4-6-12-10;1-4(2)3/h1-2,7H,3-6H2;4H,1-3H3. The Morgan fingerprint density at radius 2 is 2.00 bits per heavy atom. The molecule has 1 aliphatic rings. The first-order valence-electron chi connectivity index (χ1n) is 5.94. The molecule has 1 aromatic carbocycles. The van der Waals surface area contributed by atoms with Gasteiger partial charge in [-0.2, -0.15) is 0 Å². The van der Waals surface area contributed by atoms with E-state index in [0.29, 0.717) is 0 Å². The molecule has 0 saturated heterocycles. The SMILES string of the molecule is BrCCc1ccc2c(c1)CCO2.CC(C)C. The molecule has 0 N–H and O–H groups in total. The largest absolute Gasteiger partial charge is 0.493 e. The Morgan fingerprint density at radius 3 is 2.62 bits per heavy atom. The Bertz CT molecular complexity index is 318. The van der Waals surface area contributed by atoms with Crippen LogP contribution in [0.1, 0.15) is 31.9 Å². The molecule has 0 spiro atoms. The molecule has 1 aliphatic heterocycles. The van der Waals surface area contributed by atoms with Crippen LogP contribution in [0.25, 0.3) is 0 Å². The van der Waals surface area contributed by atoms with Gasteiger partial charge in [-0.15, -0.1) is 0 Å². The first kappa shape index (κ1) is 13.6. The summed E-state index contributed by atoms with van der Waals surface area (Å²) in [6.45, 7) is 7.35. The Labute approximate surface area is 107 Å². The fourth-order valence-electron chi connectivity index (χ4n) is 1.50. The molecule has 0 fully saturated rings. The molecule has 0 atom stereocenters. The van der Waals surface area contributed by atoms with E-state index in [9.17, 15) is 0 Å². The van der Waals surface area contributed by atoms with Crippen molar-refractivity contribution < 1.29 is 4.74 Å². The number of halogens is 1. The predicted molar refractivity (Wildman–Crippen MR) is 73.7 cm³/mol. The maximum absolute atomic E-state index is 5.42. The van der Waals surface area contributed by atoms with Crippen molar-refractivity contribution in [1.82, 2.24) is 0 Å². The number of alkyl halides is 1. The van der Waals surface area contributed by atoms with E-state index in [2.05, 4.69) is 54.9 Å². The van der Waals surface area contributed by atoms with E-state index >= 15 is 0 Å². The van der Waals surface area contributed by atoms with Crippen molar-refractivity contribution in [2.75, 3.05) is 11.9 Å².